The number of nitrogens with zero attached hydrogens (tertiary/aromatic N) is 1. The Bertz CT molecular complexity index is 382. The molecule has 0 amide bonds. The van der Waals surface area contributed by atoms with E-state index in [-0.39, 0.29) is 6.04 Å². The van der Waals surface area contributed by atoms with E-state index in [0.717, 1.165) is 24.5 Å². The molecule has 0 bridgehead atoms. The zero-order valence-corrected chi connectivity index (χ0v) is 10.5. The highest BCUT2D eigenvalue weighted by Gasteiger charge is 2.19. The zero-order chi connectivity index (χ0) is 12.3. The molecule has 0 saturated heterocycles. The molecule has 1 aromatic carbocycles. The number of hydrogen-bond acceptors (Lipinski definition) is 4. The van der Waals surface area contributed by atoms with E-state index in [4.69, 9.17) is 15.2 Å². The van der Waals surface area contributed by atoms with Crippen LogP contribution in [0.25, 0.3) is 0 Å². The number of likely N-dealkylation sites (N-methyl/N-ethyl adjacent to an activating group) is 1. The Hall–Kier alpha value is -1.26. The molecule has 0 radical (unpaired) electrons. The first-order chi connectivity index (χ1) is 8.26. The van der Waals surface area contributed by atoms with Gasteiger partial charge < -0.3 is 15.2 Å². The molecular formula is C13H20N2O2. The maximum Gasteiger partial charge on any atom is 0.231 e. The predicted molar refractivity (Wildman–Crippen MR) is 67.3 cm³/mol. The van der Waals surface area contributed by atoms with Gasteiger partial charge in [-0.15, -0.1) is 0 Å². The lowest BCUT2D eigenvalue weighted by Gasteiger charge is -2.27. The molecule has 94 valence electrons. The molecule has 0 fully saturated rings. The summed E-state index contributed by atoms with van der Waals surface area (Å²) in [6, 6.07) is 6.30. The molecule has 1 aliphatic rings. The van der Waals surface area contributed by atoms with Gasteiger partial charge in [-0.3, -0.25) is 4.90 Å². The second kappa shape index (κ2) is 5.38. The van der Waals surface area contributed by atoms with Crippen molar-refractivity contribution in [2.45, 2.75) is 19.4 Å². The van der Waals surface area contributed by atoms with E-state index in [1.165, 1.54) is 5.56 Å². The monoisotopic (exact) mass is 236 g/mol. The smallest absolute Gasteiger partial charge is 0.231 e. The molecule has 0 aromatic heterocycles. The maximum absolute atomic E-state index is 5.87. The summed E-state index contributed by atoms with van der Waals surface area (Å²) in [5.74, 6) is 1.65. The van der Waals surface area contributed by atoms with Crippen LogP contribution in [-0.2, 0) is 0 Å². The van der Waals surface area contributed by atoms with Crippen LogP contribution in [0, 0.1) is 0 Å². The van der Waals surface area contributed by atoms with Crippen molar-refractivity contribution in [1.29, 1.82) is 0 Å². The minimum Gasteiger partial charge on any atom is -0.454 e. The van der Waals surface area contributed by atoms with E-state index in [1.54, 1.807) is 0 Å². The molecule has 2 N–H and O–H groups in total. The van der Waals surface area contributed by atoms with Crippen LogP contribution in [0.4, 0.5) is 0 Å². The Morgan fingerprint density at radius 3 is 2.82 bits per heavy atom. The fourth-order valence-corrected chi connectivity index (χ4v) is 2.20. The molecule has 1 aromatic rings. The summed E-state index contributed by atoms with van der Waals surface area (Å²) in [5.41, 5.74) is 7.06. The summed E-state index contributed by atoms with van der Waals surface area (Å²) >= 11 is 0. The largest absolute Gasteiger partial charge is 0.454 e. The fourth-order valence-electron chi connectivity index (χ4n) is 2.20. The highest BCUT2D eigenvalue weighted by atomic mass is 16.7. The Balaban J connectivity index is 2.19. The lowest BCUT2D eigenvalue weighted by atomic mass is 10.0. The minimum absolute atomic E-state index is 0.240. The molecule has 2 rings (SSSR count). The van der Waals surface area contributed by atoms with Crippen molar-refractivity contribution in [2.75, 3.05) is 26.9 Å². The zero-order valence-electron chi connectivity index (χ0n) is 10.5. The van der Waals surface area contributed by atoms with Crippen molar-refractivity contribution < 1.29 is 9.47 Å². The molecule has 1 aliphatic heterocycles. The lowest BCUT2D eigenvalue weighted by Crippen LogP contribution is -2.31. The molecule has 0 saturated carbocycles. The Labute approximate surface area is 102 Å². The number of nitrogens with two attached hydrogens (primary N) is 1. The van der Waals surface area contributed by atoms with Gasteiger partial charge in [-0.1, -0.05) is 13.0 Å². The van der Waals surface area contributed by atoms with E-state index in [9.17, 15) is 0 Å². The molecule has 17 heavy (non-hydrogen) atoms. The fraction of sp³-hybridized carbons (Fsp3) is 0.538. The molecule has 0 spiro atoms. The van der Waals surface area contributed by atoms with Crippen molar-refractivity contribution in [3.63, 3.8) is 0 Å². The molecule has 1 unspecified atom stereocenters. The Morgan fingerprint density at radius 2 is 2.12 bits per heavy atom. The normalized spacial score (nSPS) is 15.3. The summed E-state index contributed by atoms with van der Waals surface area (Å²) in [7, 11) is 2.10. The average molecular weight is 236 g/mol. The van der Waals surface area contributed by atoms with Gasteiger partial charge >= 0.3 is 0 Å². The van der Waals surface area contributed by atoms with Crippen LogP contribution in [0.3, 0.4) is 0 Å². The van der Waals surface area contributed by atoms with E-state index < -0.39 is 0 Å². The van der Waals surface area contributed by atoms with Crippen LogP contribution >= 0.6 is 0 Å². The number of fused-ring (bicyclic) bond motifs is 1. The van der Waals surface area contributed by atoms with Gasteiger partial charge in [-0.2, -0.15) is 0 Å². The Morgan fingerprint density at radius 1 is 1.35 bits per heavy atom. The molecule has 4 heteroatoms. The van der Waals surface area contributed by atoms with Gasteiger partial charge in [0.1, 0.15) is 0 Å². The molecule has 1 heterocycles. The second-order valence-corrected chi connectivity index (χ2v) is 4.34. The highest BCUT2D eigenvalue weighted by molar-refractivity contribution is 5.45. The number of benzene rings is 1. The predicted octanol–water partition coefficient (Wildman–Crippen LogP) is 1.76. The van der Waals surface area contributed by atoms with Crippen molar-refractivity contribution in [3.05, 3.63) is 23.8 Å². The van der Waals surface area contributed by atoms with Gasteiger partial charge in [-0.25, -0.2) is 0 Å². The summed E-state index contributed by atoms with van der Waals surface area (Å²) in [6.07, 6.45) is 1.12. The van der Waals surface area contributed by atoms with Crippen LogP contribution in [-0.4, -0.2) is 31.8 Å². The van der Waals surface area contributed by atoms with Crippen LogP contribution in [0.5, 0.6) is 11.5 Å². The van der Waals surface area contributed by atoms with Crippen LogP contribution < -0.4 is 15.2 Å². The van der Waals surface area contributed by atoms with Crippen molar-refractivity contribution in [2.24, 2.45) is 5.73 Å². The first-order valence-corrected chi connectivity index (χ1v) is 6.06. The van der Waals surface area contributed by atoms with Crippen LogP contribution in [0.2, 0.25) is 0 Å². The molecular weight excluding hydrogens is 216 g/mol. The Kier molecular flexibility index (Phi) is 3.86. The third-order valence-corrected chi connectivity index (χ3v) is 3.11. The lowest BCUT2D eigenvalue weighted by molar-refractivity contribution is 0.174. The summed E-state index contributed by atoms with van der Waals surface area (Å²) in [6.45, 7) is 4.13. The first kappa shape index (κ1) is 12.2. The van der Waals surface area contributed by atoms with Crippen molar-refractivity contribution in [1.82, 2.24) is 4.90 Å². The third kappa shape index (κ3) is 2.53. The van der Waals surface area contributed by atoms with Gasteiger partial charge in [0.25, 0.3) is 0 Å². The quantitative estimate of drug-likeness (QED) is 0.846. The number of rotatable bonds is 5. The maximum atomic E-state index is 5.87. The average Bonchev–Trinajstić information content (AvgIpc) is 2.77. The SMILES string of the molecule is CCCN(C)C(CN)c1ccc2c(c1)OCO2. The topological polar surface area (TPSA) is 47.7 Å². The minimum atomic E-state index is 0.240. The van der Waals surface area contributed by atoms with Crippen LogP contribution in [0.1, 0.15) is 24.9 Å². The van der Waals surface area contributed by atoms with Crippen molar-refractivity contribution in [3.8, 4) is 11.5 Å². The van der Waals surface area contributed by atoms with Crippen molar-refractivity contribution >= 4 is 0 Å². The second-order valence-electron chi connectivity index (χ2n) is 4.34. The first-order valence-electron chi connectivity index (χ1n) is 6.06. The van der Waals surface area contributed by atoms with E-state index >= 15 is 0 Å². The number of ether oxygens (including phenoxy) is 2. The molecule has 0 aliphatic carbocycles. The summed E-state index contributed by atoms with van der Waals surface area (Å²) in [5, 5.41) is 0. The highest BCUT2D eigenvalue weighted by Crippen LogP contribution is 2.34. The third-order valence-electron chi connectivity index (χ3n) is 3.11. The molecule has 4 nitrogen and oxygen atoms in total. The summed E-state index contributed by atoms with van der Waals surface area (Å²) < 4.78 is 10.7. The van der Waals surface area contributed by atoms with Gasteiger partial charge in [0.05, 0.1) is 0 Å². The summed E-state index contributed by atoms with van der Waals surface area (Å²) in [4.78, 5) is 2.28. The van der Waals surface area contributed by atoms with Gasteiger partial charge in [0.15, 0.2) is 11.5 Å². The van der Waals surface area contributed by atoms with Gasteiger partial charge in [-0.05, 0) is 37.7 Å². The standard InChI is InChI=1S/C13H20N2O2/c1-3-6-15(2)11(8-14)10-4-5-12-13(7-10)17-9-16-12/h4-5,7,11H,3,6,8-9,14H2,1-2H3. The van der Waals surface area contributed by atoms with Crippen LogP contribution in [0.15, 0.2) is 18.2 Å². The van der Waals surface area contributed by atoms with Gasteiger partial charge in [0, 0.05) is 12.6 Å². The van der Waals surface area contributed by atoms with E-state index in [0.29, 0.717) is 13.3 Å². The molecule has 1 atom stereocenters. The van der Waals surface area contributed by atoms with Gasteiger partial charge in [0.2, 0.25) is 6.79 Å². The van der Waals surface area contributed by atoms with E-state index in [1.807, 2.05) is 12.1 Å². The van der Waals surface area contributed by atoms with E-state index in [2.05, 4.69) is 24.9 Å². The number of hydrogen-bond donors (Lipinski definition) is 1.